The molecule has 38 heavy (non-hydrogen) atoms. The lowest BCUT2D eigenvalue weighted by molar-refractivity contribution is 0.116. The predicted octanol–water partition coefficient (Wildman–Crippen LogP) is 5.74. The molecule has 8 nitrogen and oxygen atoms in total. The number of aliphatic hydroxyl groups excluding tert-OH is 1. The number of fused-ring (bicyclic) bond motifs is 1. The number of rotatable bonds is 7. The van der Waals surface area contributed by atoms with Crippen LogP contribution in [0.1, 0.15) is 68.8 Å². The molecule has 3 atom stereocenters. The van der Waals surface area contributed by atoms with Gasteiger partial charge in [-0.15, -0.1) is 5.10 Å². The minimum absolute atomic E-state index is 0.209. The summed E-state index contributed by atoms with van der Waals surface area (Å²) in [6.45, 7) is 0. The van der Waals surface area contributed by atoms with E-state index in [0.29, 0.717) is 50.5 Å². The highest BCUT2D eigenvalue weighted by atomic mass is 35.5. The fraction of sp³-hybridized carbons (Fsp3) is 0.357. The summed E-state index contributed by atoms with van der Waals surface area (Å²) < 4.78 is 25.1. The van der Waals surface area contributed by atoms with E-state index in [2.05, 4.69) is 32.0 Å². The topological polar surface area (TPSA) is 112 Å². The first-order valence-corrected chi connectivity index (χ1v) is 13.2. The fourth-order valence-corrected chi connectivity index (χ4v) is 5.26. The summed E-state index contributed by atoms with van der Waals surface area (Å²) in [5.41, 5.74) is 2.66. The molecular formula is C28H27ClFN7O. The van der Waals surface area contributed by atoms with Crippen LogP contribution in [0.5, 0.6) is 0 Å². The number of pyridine rings is 1. The number of aromatic nitrogens is 4. The van der Waals surface area contributed by atoms with Gasteiger partial charge in [0, 0.05) is 17.3 Å². The summed E-state index contributed by atoms with van der Waals surface area (Å²) in [5, 5.41) is 36.5. The maximum Gasteiger partial charge on any atom is 0.123 e. The highest BCUT2D eigenvalue weighted by Crippen LogP contribution is 2.38. The summed E-state index contributed by atoms with van der Waals surface area (Å²) >= 11 is 6.69. The van der Waals surface area contributed by atoms with Crippen LogP contribution in [0.2, 0.25) is 5.02 Å². The van der Waals surface area contributed by atoms with Gasteiger partial charge in [-0.05, 0) is 55.5 Å². The Balaban J connectivity index is 1.45. The minimum atomic E-state index is -1.62. The Bertz CT molecular complexity index is 1570. The number of hydrogen-bond acceptors (Lipinski definition) is 7. The Kier molecular flexibility index (Phi) is 6.27. The van der Waals surface area contributed by atoms with Crippen LogP contribution >= 0.6 is 11.6 Å². The van der Waals surface area contributed by atoms with Crippen LogP contribution in [0.3, 0.4) is 0 Å². The average molecular weight is 533 g/mol. The molecular weight excluding hydrogens is 505 g/mol. The van der Waals surface area contributed by atoms with E-state index in [-0.39, 0.29) is 12.1 Å². The van der Waals surface area contributed by atoms with E-state index >= 15 is 0 Å². The summed E-state index contributed by atoms with van der Waals surface area (Å²) in [5.74, 6) is -0.410. The third kappa shape index (κ3) is 4.89. The van der Waals surface area contributed by atoms with E-state index in [1.54, 1.807) is 35.1 Å². The van der Waals surface area contributed by atoms with Gasteiger partial charge in [-0.1, -0.05) is 41.8 Å². The van der Waals surface area contributed by atoms with E-state index in [4.69, 9.17) is 11.6 Å². The molecule has 0 saturated heterocycles. The Morgan fingerprint density at radius 1 is 1.18 bits per heavy atom. The molecule has 10 heteroatoms. The minimum Gasteiger partial charge on any atom is -0.391 e. The first kappa shape index (κ1) is 23.4. The van der Waals surface area contributed by atoms with Crippen LogP contribution in [-0.4, -0.2) is 37.2 Å². The molecule has 0 radical (unpaired) electrons. The molecule has 2 heterocycles. The van der Waals surface area contributed by atoms with E-state index < -0.39 is 17.9 Å². The predicted molar refractivity (Wildman–Crippen MR) is 144 cm³/mol. The van der Waals surface area contributed by atoms with Crippen LogP contribution in [0, 0.1) is 17.1 Å². The van der Waals surface area contributed by atoms with Crippen molar-refractivity contribution in [2.45, 2.75) is 62.7 Å². The second-order valence-electron chi connectivity index (χ2n) is 9.94. The first-order valence-electron chi connectivity index (χ1n) is 13.3. The molecule has 6 rings (SSSR count). The lowest BCUT2D eigenvalue weighted by Crippen LogP contribution is -2.36. The largest absolute Gasteiger partial charge is 0.391 e. The van der Waals surface area contributed by atoms with Gasteiger partial charge in [0.25, 0.3) is 0 Å². The Hall–Kier alpha value is -3.74. The van der Waals surface area contributed by atoms with Gasteiger partial charge in [0.1, 0.15) is 17.6 Å². The van der Waals surface area contributed by atoms with Gasteiger partial charge >= 0.3 is 0 Å². The smallest absolute Gasteiger partial charge is 0.123 e. The molecule has 0 bridgehead atoms. The van der Waals surface area contributed by atoms with Gasteiger partial charge < -0.3 is 15.7 Å². The molecule has 2 saturated carbocycles. The third-order valence-electron chi connectivity index (χ3n) is 7.19. The molecule has 3 N–H and O–H groups in total. The van der Waals surface area contributed by atoms with E-state index in [0.717, 1.165) is 32.1 Å². The fourth-order valence-electron chi connectivity index (χ4n) is 4.99. The van der Waals surface area contributed by atoms with Crippen molar-refractivity contribution >= 4 is 33.9 Å². The van der Waals surface area contributed by atoms with Gasteiger partial charge in [-0.25, -0.2) is 9.07 Å². The molecule has 4 aromatic rings. The first-order chi connectivity index (χ1) is 18.9. The van der Waals surface area contributed by atoms with Crippen molar-refractivity contribution in [2.24, 2.45) is 0 Å². The number of nitrogens with zero attached hydrogens (tertiary/aromatic N) is 5. The number of aliphatic hydroxyl groups is 1. The van der Waals surface area contributed by atoms with Crippen molar-refractivity contribution in [1.29, 1.82) is 5.26 Å². The highest BCUT2D eigenvalue weighted by molar-refractivity contribution is 6.35. The zero-order chi connectivity index (χ0) is 27.1. The van der Waals surface area contributed by atoms with Gasteiger partial charge in [0.2, 0.25) is 0 Å². The lowest BCUT2D eigenvalue weighted by Gasteiger charge is -2.30. The molecule has 0 aliphatic heterocycles. The monoisotopic (exact) mass is 532 g/mol. The van der Waals surface area contributed by atoms with E-state index in [1.165, 1.54) is 18.3 Å². The molecule has 0 unspecified atom stereocenters. The normalized spacial score (nSPS) is 21.4. The van der Waals surface area contributed by atoms with Crippen molar-refractivity contribution in [3.05, 3.63) is 76.5 Å². The van der Waals surface area contributed by atoms with Crippen LogP contribution < -0.4 is 10.6 Å². The van der Waals surface area contributed by atoms with E-state index in [9.17, 15) is 16.1 Å². The Morgan fingerprint density at radius 2 is 1.97 bits per heavy atom. The van der Waals surface area contributed by atoms with Gasteiger partial charge in [-0.3, -0.25) is 4.98 Å². The van der Waals surface area contributed by atoms with Crippen molar-refractivity contribution in [2.75, 3.05) is 10.6 Å². The SMILES string of the molecule is [2H][C@@](Nc1cc(Cl)c2ncc(C#N)c(N[C@H]3CCCC[C@@H]3O)c2c1)(c1ccc(F)cc1)c1cn(C2CC2)nn1. The molecule has 2 aliphatic carbocycles. The second-order valence-corrected chi connectivity index (χ2v) is 10.3. The van der Waals surface area contributed by atoms with Crippen LogP contribution in [0.4, 0.5) is 15.8 Å². The van der Waals surface area contributed by atoms with Crippen molar-refractivity contribution in [1.82, 2.24) is 20.0 Å². The molecule has 2 fully saturated rings. The zero-order valence-corrected chi connectivity index (χ0v) is 21.3. The number of nitrogens with one attached hydrogen (secondary N) is 2. The maximum absolute atomic E-state index is 13.8. The van der Waals surface area contributed by atoms with E-state index in [1.807, 2.05) is 0 Å². The average Bonchev–Trinajstić information content (AvgIpc) is 3.66. The standard InChI is InChI=1S/C28H27ClFN7O/c29-22-12-19(11-21-26(17(13-31)14-32-28(21)22)34-23-3-1-2-4-25(23)38)33-27(16-5-7-18(30)8-6-16)24-15-37(36-35-24)20-9-10-20/h5-8,11-12,14-15,20,23,25,27,33,38H,1-4,9-10H2,(H,32,34)/t23-,25-,27+/m0/s1/i27D. The lowest BCUT2D eigenvalue weighted by atomic mass is 9.92. The van der Waals surface area contributed by atoms with Gasteiger partial charge in [0.15, 0.2) is 0 Å². The maximum atomic E-state index is 13.8. The van der Waals surface area contributed by atoms with Crippen molar-refractivity contribution in [3.63, 3.8) is 0 Å². The summed E-state index contributed by atoms with van der Waals surface area (Å²) in [6, 6.07) is 9.78. The molecule has 194 valence electrons. The molecule has 0 amide bonds. The quantitative estimate of drug-likeness (QED) is 0.278. The van der Waals surface area contributed by atoms with Crippen LogP contribution in [0.15, 0.2) is 48.8 Å². The number of hydrogen-bond donors (Lipinski definition) is 3. The number of halogens is 2. The van der Waals surface area contributed by atoms with Crippen molar-refractivity contribution in [3.8, 4) is 6.07 Å². The second kappa shape index (κ2) is 10.2. The molecule has 2 aromatic heterocycles. The van der Waals surface area contributed by atoms with Crippen molar-refractivity contribution < 1.29 is 10.9 Å². The Labute approximate surface area is 225 Å². The number of anilines is 2. The van der Waals surface area contributed by atoms with Crippen LogP contribution in [0.25, 0.3) is 10.9 Å². The zero-order valence-electron chi connectivity index (χ0n) is 21.5. The summed E-state index contributed by atoms with van der Waals surface area (Å²) in [4.78, 5) is 4.42. The number of benzene rings is 2. The van der Waals surface area contributed by atoms with Gasteiger partial charge in [0.05, 0.1) is 53.6 Å². The summed E-state index contributed by atoms with van der Waals surface area (Å²) in [7, 11) is 0. The van der Waals surface area contributed by atoms with Crippen LogP contribution in [-0.2, 0) is 0 Å². The Morgan fingerprint density at radius 3 is 2.71 bits per heavy atom. The molecule has 0 spiro atoms. The summed E-state index contributed by atoms with van der Waals surface area (Å²) in [6.07, 6.45) is 8.12. The highest BCUT2D eigenvalue weighted by Gasteiger charge is 2.28. The van der Waals surface area contributed by atoms with Gasteiger partial charge in [-0.2, -0.15) is 5.26 Å². The molecule has 2 aliphatic rings. The number of nitriles is 1. The molecule has 2 aromatic carbocycles. The third-order valence-corrected chi connectivity index (χ3v) is 7.48.